The maximum atomic E-state index is 14.2. The van der Waals surface area contributed by atoms with E-state index < -0.39 is 30.0 Å². The second-order valence-corrected chi connectivity index (χ2v) is 6.54. The number of aliphatic hydroxyl groups excluding tert-OH is 1. The van der Waals surface area contributed by atoms with Gasteiger partial charge in [0.2, 0.25) is 0 Å². The Bertz CT molecular complexity index is 699. The molecule has 0 spiro atoms. The minimum atomic E-state index is -1.59. The molecule has 3 rings (SSSR count). The monoisotopic (exact) mass is 359 g/mol. The normalized spacial score (nSPS) is 26.8. The summed E-state index contributed by atoms with van der Waals surface area (Å²) >= 11 is 5.94. The topological polar surface area (TPSA) is 43.7 Å². The summed E-state index contributed by atoms with van der Waals surface area (Å²) in [7, 11) is 0. The smallest absolute Gasteiger partial charge is 0.132 e. The van der Waals surface area contributed by atoms with Gasteiger partial charge in [0.15, 0.2) is 0 Å². The van der Waals surface area contributed by atoms with Crippen molar-refractivity contribution in [2.75, 3.05) is 13.2 Å². The van der Waals surface area contributed by atoms with E-state index in [1.807, 2.05) is 0 Å². The molecule has 1 aliphatic carbocycles. The number of alkyl halides is 1. The number of nitrogens with zero attached hydrogens (tertiary/aromatic N) is 1. The van der Waals surface area contributed by atoms with Crippen LogP contribution in [0.4, 0.5) is 13.2 Å². The number of hydrogen-bond donors (Lipinski definition) is 2. The molecule has 0 radical (unpaired) electrons. The van der Waals surface area contributed by atoms with Crippen LogP contribution >= 0.6 is 11.6 Å². The molecule has 0 saturated heterocycles. The minimum absolute atomic E-state index is 0.0569. The van der Waals surface area contributed by atoms with E-state index in [0.29, 0.717) is 6.54 Å². The van der Waals surface area contributed by atoms with Crippen molar-refractivity contribution in [1.29, 1.82) is 0 Å². The molecule has 2 N–H and O–H groups in total. The van der Waals surface area contributed by atoms with Crippen molar-refractivity contribution >= 4 is 11.6 Å². The van der Waals surface area contributed by atoms with Crippen LogP contribution in [0.15, 0.2) is 35.6 Å². The predicted octanol–water partition coefficient (Wildman–Crippen LogP) is 3.10. The third-order valence-corrected chi connectivity index (χ3v) is 4.86. The molecular weight excluding hydrogens is 343 g/mol. The molecule has 0 unspecified atom stereocenters. The Balaban J connectivity index is 2.01. The lowest BCUT2D eigenvalue weighted by Crippen LogP contribution is -2.49. The van der Waals surface area contributed by atoms with Crippen LogP contribution in [0.2, 0.25) is 5.02 Å². The third kappa shape index (κ3) is 2.94. The molecule has 0 bridgehead atoms. The molecule has 7 heteroatoms. The molecule has 2 atom stereocenters. The van der Waals surface area contributed by atoms with Gasteiger partial charge in [0.1, 0.15) is 23.4 Å². The SMILES string of the molecule is OC[C@]1(O)CC[C@H](F)C2=C1N(Cc1c(F)cc(F)cc1Cl)CC=C2. The van der Waals surface area contributed by atoms with Gasteiger partial charge in [-0.25, -0.2) is 13.2 Å². The molecule has 0 aromatic heterocycles. The molecule has 0 amide bonds. The molecule has 1 aromatic rings. The van der Waals surface area contributed by atoms with Crippen molar-refractivity contribution in [3.8, 4) is 0 Å². The highest BCUT2D eigenvalue weighted by Gasteiger charge is 2.43. The molecular formula is C17H17ClF3NO2. The lowest BCUT2D eigenvalue weighted by molar-refractivity contribution is -0.0264. The number of rotatable bonds is 3. The fourth-order valence-electron chi connectivity index (χ4n) is 3.33. The van der Waals surface area contributed by atoms with Crippen LogP contribution < -0.4 is 0 Å². The molecule has 3 nitrogen and oxygen atoms in total. The molecule has 0 fully saturated rings. The maximum absolute atomic E-state index is 14.2. The van der Waals surface area contributed by atoms with E-state index >= 15 is 0 Å². The molecule has 130 valence electrons. The lowest BCUT2D eigenvalue weighted by Gasteiger charge is -2.44. The Labute approximate surface area is 142 Å². The van der Waals surface area contributed by atoms with Crippen LogP contribution in [0.3, 0.4) is 0 Å². The van der Waals surface area contributed by atoms with E-state index in [2.05, 4.69) is 0 Å². The lowest BCUT2D eigenvalue weighted by atomic mass is 9.80. The van der Waals surface area contributed by atoms with Gasteiger partial charge in [-0.3, -0.25) is 0 Å². The number of benzene rings is 1. The third-order valence-electron chi connectivity index (χ3n) is 4.52. The first-order valence-corrected chi connectivity index (χ1v) is 8.00. The minimum Gasteiger partial charge on any atom is -0.393 e. The first-order chi connectivity index (χ1) is 11.4. The van der Waals surface area contributed by atoms with E-state index in [9.17, 15) is 23.4 Å². The van der Waals surface area contributed by atoms with Gasteiger partial charge >= 0.3 is 0 Å². The summed E-state index contributed by atoms with van der Waals surface area (Å²) in [6.07, 6.45) is 2.18. The van der Waals surface area contributed by atoms with Crippen LogP contribution in [0.25, 0.3) is 0 Å². The number of allylic oxidation sites excluding steroid dienone is 2. The fraction of sp³-hybridized carbons (Fsp3) is 0.412. The first kappa shape index (κ1) is 17.3. The molecule has 2 aliphatic rings. The van der Waals surface area contributed by atoms with Gasteiger partial charge in [-0.15, -0.1) is 0 Å². The summed E-state index contributed by atoms with van der Waals surface area (Å²) in [5.74, 6) is -1.59. The van der Waals surface area contributed by atoms with Gasteiger partial charge in [0.05, 0.1) is 17.3 Å². The fourth-order valence-corrected chi connectivity index (χ4v) is 3.58. The van der Waals surface area contributed by atoms with Crippen molar-refractivity contribution in [3.05, 3.63) is 57.8 Å². The average molecular weight is 360 g/mol. The Hall–Kier alpha value is -1.50. The van der Waals surface area contributed by atoms with E-state index in [4.69, 9.17) is 11.6 Å². The molecule has 0 saturated carbocycles. The van der Waals surface area contributed by atoms with Crippen LogP contribution in [-0.2, 0) is 6.54 Å². The zero-order valence-corrected chi connectivity index (χ0v) is 13.5. The van der Waals surface area contributed by atoms with Gasteiger partial charge in [0.25, 0.3) is 0 Å². The molecule has 1 aromatic carbocycles. The predicted molar refractivity (Wildman–Crippen MR) is 84.1 cm³/mol. The van der Waals surface area contributed by atoms with Crippen LogP contribution in [0.1, 0.15) is 18.4 Å². The highest BCUT2D eigenvalue weighted by atomic mass is 35.5. The van der Waals surface area contributed by atoms with Crippen LogP contribution in [-0.4, -0.2) is 40.0 Å². The Morgan fingerprint density at radius 1 is 1.33 bits per heavy atom. The summed E-state index contributed by atoms with van der Waals surface area (Å²) in [6, 6.07) is 1.74. The number of hydrogen-bond acceptors (Lipinski definition) is 3. The van der Waals surface area contributed by atoms with Crippen LogP contribution in [0, 0.1) is 11.6 Å². The van der Waals surface area contributed by atoms with Crippen molar-refractivity contribution in [2.45, 2.75) is 31.2 Å². The first-order valence-electron chi connectivity index (χ1n) is 7.62. The maximum Gasteiger partial charge on any atom is 0.132 e. The summed E-state index contributed by atoms with van der Waals surface area (Å²) in [4.78, 5) is 1.57. The largest absolute Gasteiger partial charge is 0.393 e. The zero-order valence-electron chi connectivity index (χ0n) is 12.8. The summed E-state index contributed by atoms with van der Waals surface area (Å²) in [5, 5.41) is 20.2. The van der Waals surface area contributed by atoms with Gasteiger partial charge in [0, 0.05) is 30.3 Å². The van der Waals surface area contributed by atoms with Gasteiger partial charge in [-0.2, -0.15) is 0 Å². The van der Waals surface area contributed by atoms with Crippen molar-refractivity contribution in [3.63, 3.8) is 0 Å². The van der Waals surface area contributed by atoms with Gasteiger partial charge in [-0.1, -0.05) is 23.8 Å². The highest BCUT2D eigenvalue weighted by molar-refractivity contribution is 6.31. The molecule has 1 heterocycles. The number of halogens is 4. The average Bonchev–Trinajstić information content (AvgIpc) is 2.54. The van der Waals surface area contributed by atoms with E-state index in [-0.39, 0.29) is 41.2 Å². The van der Waals surface area contributed by atoms with E-state index in [0.717, 1.165) is 12.1 Å². The van der Waals surface area contributed by atoms with Crippen molar-refractivity contribution < 1.29 is 23.4 Å². The summed E-state index contributed by atoms with van der Waals surface area (Å²) < 4.78 is 41.5. The van der Waals surface area contributed by atoms with Gasteiger partial charge < -0.3 is 15.1 Å². The second-order valence-electron chi connectivity index (χ2n) is 6.13. The molecule has 24 heavy (non-hydrogen) atoms. The summed E-state index contributed by atoms with van der Waals surface area (Å²) in [5.41, 5.74) is -1.01. The Morgan fingerprint density at radius 3 is 2.75 bits per heavy atom. The highest BCUT2D eigenvalue weighted by Crippen LogP contribution is 2.40. The standard InChI is InChI=1S/C17H17ClF3NO2/c18-13-6-10(19)7-15(21)12(13)8-22-5-1-2-11-14(20)3-4-17(24,9-23)16(11)22/h1-2,6-7,14,23-24H,3-5,8-9H2/t14-,17+/m0/s1. The second kappa shape index (κ2) is 6.43. The van der Waals surface area contributed by atoms with E-state index in [1.165, 1.54) is 0 Å². The Morgan fingerprint density at radius 2 is 2.08 bits per heavy atom. The van der Waals surface area contributed by atoms with Crippen molar-refractivity contribution in [2.24, 2.45) is 0 Å². The Kier molecular flexibility index (Phi) is 4.64. The zero-order chi connectivity index (χ0) is 17.5. The van der Waals surface area contributed by atoms with Crippen LogP contribution in [0.5, 0.6) is 0 Å². The summed E-state index contributed by atoms with van der Waals surface area (Å²) in [6.45, 7) is -0.341. The quantitative estimate of drug-likeness (QED) is 0.871. The number of aliphatic hydroxyl groups is 2. The van der Waals surface area contributed by atoms with Crippen molar-refractivity contribution in [1.82, 2.24) is 4.90 Å². The van der Waals surface area contributed by atoms with E-state index in [1.54, 1.807) is 17.1 Å². The molecule has 1 aliphatic heterocycles. The van der Waals surface area contributed by atoms with Gasteiger partial charge in [-0.05, 0) is 18.9 Å².